The number of carbonyl (C=O) groups is 1. The van der Waals surface area contributed by atoms with E-state index in [1.807, 2.05) is 13.8 Å². The number of benzene rings is 1. The lowest BCUT2D eigenvalue weighted by molar-refractivity contribution is -0.138. The summed E-state index contributed by atoms with van der Waals surface area (Å²) in [5.74, 6) is -1.04. The molecule has 88 valence electrons. The third kappa shape index (κ3) is 2.67. The van der Waals surface area contributed by atoms with E-state index in [1.54, 1.807) is 19.1 Å². The molecule has 0 saturated heterocycles. The number of carboxylic acid groups (broad SMARTS) is 1. The highest BCUT2D eigenvalue weighted by Crippen LogP contribution is 2.35. The molecule has 16 heavy (non-hydrogen) atoms. The van der Waals surface area contributed by atoms with Crippen LogP contribution in [0, 0.1) is 6.92 Å². The summed E-state index contributed by atoms with van der Waals surface area (Å²) in [6, 6.07) is 3.57. The van der Waals surface area contributed by atoms with E-state index in [0.29, 0.717) is 22.9 Å². The maximum absolute atomic E-state index is 11.0. The number of carboxylic acids is 1. The monoisotopic (exact) mass is 242 g/mol. The van der Waals surface area contributed by atoms with E-state index in [2.05, 4.69) is 0 Å². The van der Waals surface area contributed by atoms with Gasteiger partial charge in [0.15, 0.2) is 0 Å². The molecule has 0 aliphatic rings. The van der Waals surface area contributed by atoms with Crippen molar-refractivity contribution in [2.45, 2.75) is 26.7 Å². The normalized spacial score (nSPS) is 12.2. The molecule has 1 rings (SSSR count). The predicted molar refractivity (Wildman–Crippen MR) is 63.4 cm³/mol. The average molecular weight is 243 g/mol. The van der Waals surface area contributed by atoms with Crippen molar-refractivity contribution < 1.29 is 14.6 Å². The van der Waals surface area contributed by atoms with Gasteiger partial charge in [-0.15, -0.1) is 0 Å². The van der Waals surface area contributed by atoms with E-state index in [4.69, 9.17) is 21.4 Å². The molecule has 0 heterocycles. The third-order valence-corrected chi connectivity index (χ3v) is 2.62. The number of ether oxygens (including phenoxy) is 1. The van der Waals surface area contributed by atoms with Crippen LogP contribution < -0.4 is 4.74 Å². The Morgan fingerprint density at radius 1 is 1.56 bits per heavy atom. The number of aryl methyl sites for hydroxylation is 1. The molecule has 0 spiro atoms. The maximum atomic E-state index is 11.0. The number of aliphatic carboxylic acids is 1. The molecule has 0 radical (unpaired) electrons. The van der Waals surface area contributed by atoms with Crippen LogP contribution in [-0.2, 0) is 4.79 Å². The minimum absolute atomic E-state index is 0.460. The van der Waals surface area contributed by atoms with Crippen molar-refractivity contribution in [2.24, 2.45) is 0 Å². The largest absolute Gasteiger partial charge is 0.492 e. The summed E-state index contributed by atoms with van der Waals surface area (Å²) in [7, 11) is 0. The highest BCUT2D eigenvalue weighted by atomic mass is 35.5. The number of halogens is 1. The van der Waals surface area contributed by atoms with E-state index in [9.17, 15) is 4.79 Å². The molecule has 1 aromatic rings. The van der Waals surface area contributed by atoms with Crippen LogP contribution in [0.15, 0.2) is 12.1 Å². The van der Waals surface area contributed by atoms with Crippen molar-refractivity contribution in [1.82, 2.24) is 0 Å². The Morgan fingerprint density at radius 3 is 2.69 bits per heavy atom. The smallest absolute Gasteiger partial charge is 0.310 e. The first-order valence-corrected chi connectivity index (χ1v) is 5.50. The van der Waals surface area contributed by atoms with Crippen LogP contribution in [0.25, 0.3) is 0 Å². The summed E-state index contributed by atoms with van der Waals surface area (Å²) in [4.78, 5) is 11.0. The summed E-state index contributed by atoms with van der Waals surface area (Å²) >= 11 is 6.04. The fraction of sp³-hybridized carbons (Fsp3) is 0.417. The van der Waals surface area contributed by atoms with E-state index < -0.39 is 11.9 Å². The minimum Gasteiger partial charge on any atom is -0.492 e. The molecule has 0 bridgehead atoms. The van der Waals surface area contributed by atoms with Crippen LogP contribution in [0.1, 0.15) is 30.9 Å². The third-order valence-electron chi connectivity index (χ3n) is 2.34. The van der Waals surface area contributed by atoms with E-state index >= 15 is 0 Å². The van der Waals surface area contributed by atoms with Crippen molar-refractivity contribution in [3.63, 3.8) is 0 Å². The number of hydrogen-bond donors (Lipinski definition) is 1. The lowest BCUT2D eigenvalue weighted by Crippen LogP contribution is -2.10. The fourth-order valence-electron chi connectivity index (χ4n) is 1.51. The van der Waals surface area contributed by atoms with E-state index in [0.717, 1.165) is 5.56 Å². The van der Waals surface area contributed by atoms with Crippen molar-refractivity contribution in [2.75, 3.05) is 6.61 Å². The second kappa shape index (κ2) is 5.21. The van der Waals surface area contributed by atoms with Gasteiger partial charge in [-0.1, -0.05) is 17.7 Å². The molecule has 0 amide bonds. The Balaban J connectivity index is 3.28. The van der Waals surface area contributed by atoms with Gasteiger partial charge in [-0.25, -0.2) is 0 Å². The Labute approximate surface area is 100.0 Å². The zero-order valence-corrected chi connectivity index (χ0v) is 10.3. The molecule has 0 fully saturated rings. The zero-order valence-electron chi connectivity index (χ0n) is 9.58. The maximum Gasteiger partial charge on any atom is 0.310 e. The van der Waals surface area contributed by atoms with Crippen LogP contribution >= 0.6 is 11.6 Å². The van der Waals surface area contributed by atoms with Crippen molar-refractivity contribution in [3.05, 3.63) is 28.3 Å². The lowest BCUT2D eigenvalue weighted by Gasteiger charge is -2.15. The Hall–Kier alpha value is -1.22. The average Bonchev–Trinajstić information content (AvgIpc) is 2.20. The SMILES string of the molecule is CCOc1c(Cl)cc(C)cc1C(C)C(=O)O. The molecular weight excluding hydrogens is 228 g/mol. The first-order valence-electron chi connectivity index (χ1n) is 5.13. The van der Waals surface area contributed by atoms with Crippen LogP contribution in [0.4, 0.5) is 0 Å². The molecule has 3 nitrogen and oxygen atoms in total. The van der Waals surface area contributed by atoms with Gasteiger partial charge in [-0.2, -0.15) is 0 Å². The zero-order chi connectivity index (χ0) is 12.3. The Kier molecular flexibility index (Phi) is 4.19. The van der Waals surface area contributed by atoms with Crippen molar-refractivity contribution >= 4 is 17.6 Å². The fourth-order valence-corrected chi connectivity index (χ4v) is 1.84. The van der Waals surface area contributed by atoms with Gasteiger partial charge in [0.2, 0.25) is 0 Å². The first-order chi connectivity index (χ1) is 7.47. The first kappa shape index (κ1) is 12.8. The molecule has 0 aliphatic heterocycles. The van der Waals surface area contributed by atoms with Crippen molar-refractivity contribution in [1.29, 1.82) is 0 Å². The lowest BCUT2D eigenvalue weighted by atomic mass is 9.98. The number of hydrogen-bond acceptors (Lipinski definition) is 2. The molecule has 0 saturated carbocycles. The molecule has 1 unspecified atom stereocenters. The Bertz CT molecular complexity index is 401. The van der Waals surface area contributed by atoms with Gasteiger partial charge in [0.25, 0.3) is 0 Å². The van der Waals surface area contributed by atoms with Gasteiger partial charge < -0.3 is 9.84 Å². The summed E-state index contributed by atoms with van der Waals surface area (Å²) < 4.78 is 5.40. The minimum atomic E-state index is -0.886. The number of rotatable bonds is 4. The summed E-state index contributed by atoms with van der Waals surface area (Å²) in [6.07, 6.45) is 0. The molecule has 4 heteroatoms. The van der Waals surface area contributed by atoms with Gasteiger partial charge >= 0.3 is 5.97 Å². The molecule has 1 N–H and O–H groups in total. The van der Waals surface area contributed by atoms with E-state index in [-0.39, 0.29) is 0 Å². The second-order valence-electron chi connectivity index (χ2n) is 3.66. The van der Waals surface area contributed by atoms with Gasteiger partial charge in [0, 0.05) is 5.56 Å². The molecule has 0 aromatic heterocycles. The highest BCUT2D eigenvalue weighted by molar-refractivity contribution is 6.32. The quantitative estimate of drug-likeness (QED) is 0.882. The summed E-state index contributed by atoms with van der Waals surface area (Å²) in [6.45, 7) is 5.79. The molecule has 1 aromatic carbocycles. The molecule has 0 aliphatic carbocycles. The topological polar surface area (TPSA) is 46.5 Å². The van der Waals surface area contributed by atoms with Gasteiger partial charge in [-0.3, -0.25) is 4.79 Å². The van der Waals surface area contributed by atoms with E-state index in [1.165, 1.54) is 0 Å². The highest BCUT2D eigenvalue weighted by Gasteiger charge is 2.20. The standard InChI is InChI=1S/C12H15ClO3/c1-4-16-11-9(8(3)12(14)15)5-7(2)6-10(11)13/h5-6,8H,4H2,1-3H3,(H,14,15). The second-order valence-corrected chi connectivity index (χ2v) is 4.07. The van der Waals surface area contributed by atoms with Crippen LogP contribution in [0.3, 0.4) is 0 Å². The van der Waals surface area contributed by atoms with Gasteiger partial charge in [-0.05, 0) is 32.4 Å². The van der Waals surface area contributed by atoms with Crippen LogP contribution in [-0.4, -0.2) is 17.7 Å². The predicted octanol–water partition coefficient (Wildman–Crippen LogP) is 3.24. The summed E-state index contributed by atoms with van der Waals surface area (Å²) in [5.41, 5.74) is 1.55. The molecular formula is C12H15ClO3. The van der Waals surface area contributed by atoms with Gasteiger partial charge in [0.05, 0.1) is 17.5 Å². The molecule has 1 atom stereocenters. The van der Waals surface area contributed by atoms with Gasteiger partial charge in [0.1, 0.15) is 5.75 Å². The van der Waals surface area contributed by atoms with Crippen LogP contribution in [0.2, 0.25) is 5.02 Å². The van der Waals surface area contributed by atoms with Crippen molar-refractivity contribution in [3.8, 4) is 5.75 Å². The Morgan fingerprint density at radius 2 is 2.19 bits per heavy atom. The summed E-state index contributed by atoms with van der Waals surface area (Å²) in [5, 5.41) is 9.47. The van der Waals surface area contributed by atoms with Crippen LogP contribution in [0.5, 0.6) is 5.75 Å².